The van der Waals surface area contributed by atoms with Crippen LogP contribution in [0.1, 0.15) is 105 Å². The molecule has 0 saturated heterocycles. The number of rotatable bonds is 7. The first-order chi connectivity index (χ1) is 15.2. The molecule has 0 unspecified atom stereocenters. The summed E-state index contributed by atoms with van der Waals surface area (Å²) in [7, 11) is 0. The molecule has 0 heterocycles. The predicted molar refractivity (Wildman–Crippen MR) is 135 cm³/mol. The Bertz CT molecular complexity index is 735. The minimum absolute atomic E-state index is 0.0376. The third-order valence-electron chi connectivity index (χ3n) is 12.1. The van der Waals surface area contributed by atoms with Crippen molar-refractivity contribution < 1.29 is 9.53 Å². The summed E-state index contributed by atoms with van der Waals surface area (Å²) in [6.45, 7) is 12.6. The summed E-state index contributed by atoms with van der Waals surface area (Å²) < 4.78 is 6.26. The van der Waals surface area contributed by atoms with Gasteiger partial charge in [0.1, 0.15) is 11.4 Å². The van der Waals surface area contributed by atoms with Crippen LogP contribution in [-0.4, -0.2) is 17.4 Å². The highest BCUT2D eigenvalue weighted by molar-refractivity contribution is 9.09. The van der Waals surface area contributed by atoms with E-state index in [9.17, 15) is 4.79 Å². The molecular formula is C29H47BrO2. The van der Waals surface area contributed by atoms with E-state index in [-0.39, 0.29) is 12.1 Å². The van der Waals surface area contributed by atoms with Crippen LogP contribution in [0.15, 0.2) is 0 Å². The highest BCUT2D eigenvalue weighted by Gasteiger charge is 2.78. The van der Waals surface area contributed by atoms with Crippen molar-refractivity contribution >= 4 is 21.9 Å². The number of carbonyl (C=O) groups is 1. The molecule has 0 amide bonds. The van der Waals surface area contributed by atoms with E-state index in [0.717, 1.165) is 47.8 Å². The summed E-state index contributed by atoms with van der Waals surface area (Å²) in [5, 5.41) is 0.339. The van der Waals surface area contributed by atoms with Crippen LogP contribution in [0.25, 0.3) is 0 Å². The molecule has 5 fully saturated rings. The average molecular weight is 508 g/mol. The lowest BCUT2D eigenvalue weighted by molar-refractivity contribution is -0.181. The molecule has 5 aliphatic carbocycles. The Morgan fingerprint density at radius 1 is 1.03 bits per heavy atom. The quantitative estimate of drug-likeness (QED) is 0.258. The summed E-state index contributed by atoms with van der Waals surface area (Å²) in [4.78, 5) is 12.4. The number of carbonyl (C=O) groups excluding carboxylic acids is 1. The van der Waals surface area contributed by atoms with Crippen molar-refractivity contribution in [1.29, 1.82) is 0 Å². The molecule has 0 aromatic rings. The summed E-state index contributed by atoms with van der Waals surface area (Å²) in [6, 6.07) is 0. The van der Waals surface area contributed by atoms with Crippen LogP contribution >= 0.6 is 15.9 Å². The standard InChI is InChI=1S/C29H47BrO2/c1-18(2)7-6-8-19(3)22-9-10-23-21-15-25(32-26(31)17-30)29-16-20(29)11-14-28(29,5)24(21)12-13-27(22,23)4/h18-25H,6-17H2,1-5H3/t19-,20+,21-,22+,23-,24-,25+,27+,28+,29-/m0/s1. The minimum Gasteiger partial charge on any atom is -0.461 e. The van der Waals surface area contributed by atoms with E-state index in [2.05, 4.69) is 50.5 Å². The van der Waals surface area contributed by atoms with Crippen molar-refractivity contribution in [2.45, 2.75) is 111 Å². The van der Waals surface area contributed by atoms with E-state index >= 15 is 0 Å². The molecular weight excluding hydrogens is 460 g/mol. The number of ether oxygens (including phenoxy) is 1. The van der Waals surface area contributed by atoms with Gasteiger partial charge in [0.05, 0.1) is 0 Å². The Morgan fingerprint density at radius 3 is 2.50 bits per heavy atom. The van der Waals surface area contributed by atoms with Gasteiger partial charge in [-0.3, -0.25) is 4.79 Å². The number of hydrogen-bond donors (Lipinski definition) is 0. The van der Waals surface area contributed by atoms with Crippen LogP contribution in [0.4, 0.5) is 0 Å². The van der Waals surface area contributed by atoms with E-state index in [1.165, 1.54) is 64.2 Å². The second kappa shape index (κ2) is 8.27. The molecule has 0 N–H and O–H groups in total. The highest BCUT2D eigenvalue weighted by atomic mass is 79.9. The van der Waals surface area contributed by atoms with Crippen molar-refractivity contribution in [3.63, 3.8) is 0 Å². The maximum Gasteiger partial charge on any atom is 0.316 e. The largest absolute Gasteiger partial charge is 0.461 e. The van der Waals surface area contributed by atoms with E-state index in [4.69, 9.17) is 4.74 Å². The van der Waals surface area contributed by atoms with E-state index in [0.29, 0.717) is 21.6 Å². The zero-order chi connectivity index (χ0) is 22.9. The number of alkyl halides is 1. The van der Waals surface area contributed by atoms with Gasteiger partial charge in [0, 0.05) is 5.41 Å². The van der Waals surface area contributed by atoms with Crippen molar-refractivity contribution in [2.24, 2.45) is 57.7 Å². The molecule has 182 valence electrons. The smallest absolute Gasteiger partial charge is 0.316 e. The van der Waals surface area contributed by atoms with Crippen LogP contribution < -0.4 is 0 Å². The Morgan fingerprint density at radius 2 is 1.81 bits per heavy atom. The molecule has 32 heavy (non-hydrogen) atoms. The van der Waals surface area contributed by atoms with E-state index < -0.39 is 0 Å². The van der Waals surface area contributed by atoms with Crippen LogP contribution in [0, 0.1) is 57.7 Å². The molecule has 0 aliphatic heterocycles. The molecule has 10 atom stereocenters. The fourth-order valence-electron chi connectivity index (χ4n) is 10.6. The van der Waals surface area contributed by atoms with Gasteiger partial charge in [-0.25, -0.2) is 0 Å². The van der Waals surface area contributed by atoms with Gasteiger partial charge in [0.2, 0.25) is 0 Å². The number of fused-ring (bicyclic) bond motifs is 4. The second-order valence-electron chi connectivity index (χ2n) is 13.7. The first-order valence-corrected chi connectivity index (χ1v) is 15.0. The van der Waals surface area contributed by atoms with E-state index in [1.807, 2.05) is 0 Å². The van der Waals surface area contributed by atoms with Crippen molar-refractivity contribution in [1.82, 2.24) is 0 Å². The van der Waals surface area contributed by atoms with E-state index in [1.54, 1.807) is 0 Å². The normalized spacial score (nSPS) is 49.7. The Balaban J connectivity index is 1.37. The molecule has 0 aromatic heterocycles. The van der Waals surface area contributed by atoms with Gasteiger partial charge < -0.3 is 4.74 Å². The van der Waals surface area contributed by atoms with Crippen LogP contribution in [-0.2, 0) is 9.53 Å². The maximum absolute atomic E-state index is 12.4. The Hall–Kier alpha value is -0.0500. The zero-order valence-corrected chi connectivity index (χ0v) is 22.9. The molecule has 3 heteroatoms. The van der Waals surface area contributed by atoms with Gasteiger partial charge in [-0.1, -0.05) is 69.8 Å². The third-order valence-corrected chi connectivity index (χ3v) is 12.6. The number of halogens is 1. The molecule has 5 aliphatic rings. The molecule has 1 spiro atoms. The zero-order valence-electron chi connectivity index (χ0n) is 21.3. The number of esters is 1. The maximum atomic E-state index is 12.4. The molecule has 2 nitrogen and oxygen atoms in total. The van der Waals surface area contributed by atoms with Crippen LogP contribution in [0.3, 0.4) is 0 Å². The third kappa shape index (κ3) is 3.32. The summed E-state index contributed by atoms with van der Waals surface area (Å²) in [5.74, 6) is 5.84. The molecule has 5 rings (SSSR count). The van der Waals surface area contributed by atoms with Crippen LogP contribution in [0.5, 0.6) is 0 Å². The van der Waals surface area contributed by atoms with Crippen molar-refractivity contribution in [3.8, 4) is 0 Å². The highest BCUT2D eigenvalue weighted by Crippen LogP contribution is 2.82. The first-order valence-electron chi connectivity index (χ1n) is 13.9. The van der Waals surface area contributed by atoms with Crippen molar-refractivity contribution in [2.75, 3.05) is 5.33 Å². The molecule has 0 aromatic carbocycles. The SMILES string of the molecule is CC(C)CCC[C@H](C)[C@H]1CC[C@H]2[C@@H]3C[C@@H](OC(=O)CBr)[C@]45C[C@H]4CC[C@]5(C)[C@H]3CC[C@]12C. The average Bonchev–Trinajstić information content (AvgIpc) is 3.26. The van der Waals surface area contributed by atoms with Gasteiger partial charge in [-0.15, -0.1) is 0 Å². The topological polar surface area (TPSA) is 26.3 Å². The van der Waals surface area contributed by atoms with Gasteiger partial charge >= 0.3 is 5.97 Å². The fourth-order valence-corrected chi connectivity index (χ4v) is 10.8. The molecule has 5 saturated carbocycles. The van der Waals surface area contributed by atoms with Crippen molar-refractivity contribution in [3.05, 3.63) is 0 Å². The van der Waals surface area contributed by atoms with Crippen LogP contribution in [0.2, 0.25) is 0 Å². The molecule has 0 bridgehead atoms. The van der Waals surface area contributed by atoms with Gasteiger partial charge in [-0.2, -0.15) is 0 Å². The summed E-state index contributed by atoms with van der Waals surface area (Å²) in [6.07, 6.45) is 15.3. The summed E-state index contributed by atoms with van der Waals surface area (Å²) in [5.41, 5.74) is 1.23. The number of hydrogen-bond acceptors (Lipinski definition) is 2. The summed E-state index contributed by atoms with van der Waals surface area (Å²) >= 11 is 3.36. The van der Waals surface area contributed by atoms with Gasteiger partial charge in [-0.05, 0) is 104 Å². The lowest BCUT2D eigenvalue weighted by Crippen LogP contribution is -2.57. The van der Waals surface area contributed by atoms with Gasteiger partial charge in [0.25, 0.3) is 0 Å². The molecule has 0 radical (unpaired) electrons. The lowest BCUT2D eigenvalue weighted by atomic mass is 9.45. The Kier molecular flexibility index (Phi) is 6.12. The Labute approximate surface area is 205 Å². The lowest BCUT2D eigenvalue weighted by Gasteiger charge is -2.60. The minimum atomic E-state index is -0.0376. The first kappa shape index (κ1) is 23.7. The predicted octanol–water partition coefficient (Wildman–Crippen LogP) is 8.02. The van der Waals surface area contributed by atoms with Gasteiger partial charge in [0.15, 0.2) is 0 Å². The fraction of sp³-hybridized carbons (Fsp3) is 0.966. The second-order valence-corrected chi connectivity index (χ2v) is 14.2. The monoisotopic (exact) mass is 506 g/mol.